The Morgan fingerprint density at radius 3 is 2.32 bits per heavy atom. The van der Waals surface area contributed by atoms with Crippen molar-refractivity contribution in [2.24, 2.45) is 35.5 Å². The van der Waals surface area contributed by atoms with Gasteiger partial charge in [0.1, 0.15) is 0 Å². The second kappa shape index (κ2) is 6.14. The summed E-state index contributed by atoms with van der Waals surface area (Å²) in [7, 11) is 0. The molecular formula is C19H32O3. The molecule has 0 radical (unpaired) electrons. The van der Waals surface area contributed by atoms with Crippen molar-refractivity contribution < 1.29 is 14.3 Å². The maximum absolute atomic E-state index is 12.4. The van der Waals surface area contributed by atoms with E-state index in [1.54, 1.807) is 0 Å². The van der Waals surface area contributed by atoms with E-state index < -0.39 is 0 Å². The summed E-state index contributed by atoms with van der Waals surface area (Å²) in [6.07, 6.45) is 6.33. The first-order valence-electron chi connectivity index (χ1n) is 9.25. The minimum Gasteiger partial charge on any atom is -0.466 e. The first kappa shape index (κ1) is 16.3. The summed E-state index contributed by atoms with van der Waals surface area (Å²) in [5.41, 5.74) is -0.0504. The molecule has 0 aliphatic heterocycles. The third kappa shape index (κ3) is 2.81. The van der Waals surface area contributed by atoms with Crippen LogP contribution in [-0.4, -0.2) is 24.8 Å². The molecule has 126 valence electrons. The lowest BCUT2D eigenvalue weighted by Crippen LogP contribution is -2.61. The fourth-order valence-corrected chi connectivity index (χ4v) is 5.84. The standard InChI is InChI=1S/C19H32O3/c1-5-21-18(20)13(4)17-16-7-14-6-15(8-16)10-19(17,9-14)22-11-12(2)3/h12-17H,5-11H2,1-4H3. The number of hydrogen-bond acceptors (Lipinski definition) is 3. The Bertz CT molecular complexity index is 403. The van der Waals surface area contributed by atoms with Crippen LogP contribution in [0.4, 0.5) is 0 Å². The molecule has 0 N–H and O–H groups in total. The highest BCUT2D eigenvalue weighted by Gasteiger charge is 2.60. The Hall–Kier alpha value is -0.570. The van der Waals surface area contributed by atoms with Crippen LogP contribution in [0.2, 0.25) is 0 Å². The lowest BCUT2D eigenvalue weighted by molar-refractivity contribution is -0.222. The van der Waals surface area contributed by atoms with E-state index in [9.17, 15) is 4.79 Å². The van der Waals surface area contributed by atoms with Crippen molar-refractivity contribution in [2.75, 3.05) is 13.2 Å². The molecule has 4 aliphatic carbocycles. The van der Waals surface area contributed by atoms with Crippen LogP contribution in [0.15, 0.2) is 0 Å². The van der Waals surface area contributed by atoms with Crippen LogP contribution in [0.3, 0.4) is 0 Å². The van der Waals surface area contributed by atoms with Crippen molar-refractivity contribution in [3.63, 3.8) is 0 Å². The second-order valence-electron chi connectivity index (χ2n) is 8.44. The smallest absolute Gasteiger partial charge is 0.309 e. The van der Waals surface area contributed by atoms with Crippen molar-refractivity contribution in [2.45, 2.75) is 65.4 Å². The summed E-state index contributed by atoms with van der Waals surface area (Å²) in [5.74, 6) is 3.18. The van der Waals surface area contributed by atoms with Gasteiger partial charge in [-0.05, 0) is 62.7 Å². The van der Waals surface area contributed by atoms with Crippen LogP contribution in [-0.2, 0) is 14.3 Å². The van der Waals surface area contributed by atoms with Crippen LogP contribution < -0.4 is 0 Å². The van der Waals surface area contributed by atoms with Crippen LogP contribution in [0.5, 0.6) is 0 Å². The molecule has 4 bridgehead atoms. The molecule has 4 unspecified atom stereocenters. The van der Waals surface area contributed by atoms with E-state index in [2.05, 4.69) is 20.8 Å². The number of carbonyl (C=O) groups is 1. The summed E-state index contributed by atoms with van der Waals surface area (Å²) < 4.78 is 11.9. The van der Waals surface area contributed by atoms with Gasteiger partial charge < -0.3 is 9.47 Å². The van der Waals surface area contributed by atoms with Crippen LogP contribution in [0.25, 0.3) is 0 Å². The number of carbonyl (C=O) groups excluding carboxylic acids is 1. The van der Waals surface area contributed by atoms with Gasteiger partial charge in [-0.3, -0.25) is 4.79 Å². The Morgan fingerprint density at radius 1 is 1.14 bits per heavy atom. The average molecular weight is 308 g/mol. The summed E-state index contributed by atoms with van der Waals surface area (Å²) >= 11 is 0. The van der Waals surface area contributed by atoms with Crippen molar-refractivity contribution in [1.82, 2.24) is 0 Å². The molecule has 0 saturated heterocycles. The normalized spacial score (nSPS) is 41.0. The third-order valence-corrected chi connectivity index (χ3v) is 6.22. The minimum absolute atomic E-state index is 0.0208. The maximum Gasteiger partial charge on any atom is 0.309 e. The summed E-state index contributed by atoms with van der Waals surface area (Å²) in [6.45, 7) is 9.69. The van der Waals surface area contributed by atoms with Gasteiger partial charge in [-0.25, -0.2) is 0 Å². The van der Waals surface area contributed by atoms with Crippen molar-refractivity contribution in [3.8, 4) is 0 Å². The van der Waals surface area contributed by atoms with Gasteiger partial charge in [0.2, 0.25) is 0 Å². The van der Waals surface area contributed by atoms with Gasteiger partial charge >= 0.3 is 5.97 Å². The van der Waals surface area contributed by atoms with Gasteiger partial charge in [0.25, 0.3) is 0 Å². The van der Waals surface area contributed by atoms with E-state index in [1.165, 1.54) is 32.1 Å². The minimum atomic E-state index is -0.0504. The van der Waals surface area contributed by atoms with E-state index >= 15 is 0 Å². The third-order valence-electron chi connectivity index (χ3n) is 6.22. The molecule has 0 spiro atoms. The summed E-state index contributed by atoms with van der Waals surface area (Å²) in [5, 5.41) is 0. The fourth-order valence-electron chi connectivity index (χ4n) is 5.84. The predicted molar refractivity (Wildman–Crippen MR) is 86.4 cm³/mol. The van der Waals surface area contributed by atoms with Gasteiger partial charge in [-0.15, -0.1) is 0 Å². The molecule has 22 heavy (non-hydrogen) atoms. The van der Waals surface area contributed by atoms with Gasteiger partial charge in [0.15, 0.2) is 0 Å². The molecule has 0 aromatic heterocycles. The van der Waals surface area contributed by atoms with Gasteiger partial charge in [0, 0.05) is 12.5 Å². The van der Waals surface area contributed by atoms with E-state index in [1.807, 2.05) is 6.92 Å². The highest BCUT2D eigenvalue weighted by molar-refractivity contribution is 5.72. The van der Waals surface area contributed by atoms with Crippen molar-refractivity contribution >= 4 is 5.97 Å². The Kier molecular flexibility index (Phi) is 4.55. The fraction of sp³-hybridized carbons (Fsp3) is 0.947. The van der Waals surface area contributed by atoms with Crippen molar-refractivity contribution in [1.29, 1.82) is 0 Å². The molecule has 0 amide bonds. The number of esters is 1. The first-order chi connectivity index (χ1) is 10.4. The number of rotatable bonds is 6. The molecule has 4 atom stereocenters. The number of ether oxygens (including phenoxy) is 2. The Labute approximate surface area is 135 Å². The highest BCUT2D eigenvalue weighted by atomic mass is 16.5. The molecule has 4 rings (SSSR count). The monoisotopic (exact) mass is 308 g/mol. The average Bonchev–Trinajstić information content (AvgIpc) is 2.44. The van der Waals surface area contributed by atoms with Gasteiger partial charge in [0.05, 0.1) is 18.1 Å². The zero-order chi connectivity index (χ0) is 15.9. The zero-order valence-electron chi connectivity index (χ0n) is 14.6. The lowest BCUT2D eigenvalue weighted by atomic mass is 9.47. The van der Waals surface area contributed by atoms with E-state index in [0.29, 0.717) is 24.4 Å². The van der Waals surface area contributed by atoms with Gasteiger partial charge in [-0.2, -0.15) is 0 Å². The quantitative estimate of drug-likeness (QED) is 0.694. The molecule has 4 saturated carbocycles. The number of hydrogen-bond donors (Lipinski definition) is 0. The van der Waals surface area contributed by atoms with E-state index in [0.717, 1.165) is 18.4 Å². The molecule has 3 nitrogen and oxygen atoms in total. The summed E-state index contributed by atoms with van der Waals surface area (Å²) in [6, 6.07) is 0. The van der Waals surface area contributed by atoms with Crippen LogP contribution >= 0.6 is 0 Å². The van der Waals surface area contributed by atoms with Crippen molar-refractivity contribution in [3.05, 3.63) is 0 Å². The lowest BCUT2D eigenvalue weighted by Gasteiger charge is -2.62. The molecule has 0 aromatic rings. The van der Waals surface area contributed by atoms with Gasteiger partial charge in [-0.1, -0.05) is 20.8 Å². The molecule has 0 heterocycles. The van der Waals surface area contributed by atoms with E-state index in [4.69, 9.17) is 9.47 Å². The van der Waals surface area contributed by atoms with E-state index in [-0.39, 0.29) is 17.5 Å². The zero-order valence-corrected chi connectivity index (χ0v) is 14.6. The Morgan fingerprint density at radius 2 is 1.77 bits per heavy atom. The van der Waals surface area contributed by atoms with Crippen LogP contribution in [0.1, 0.15) is 59.8 Å². The second-order valence-corrected chi connectivity index (χ2v) is 8.44. The first-order valence-corrected chi connectivity index (χ1v) is 9.25. The molecule has 3 heteroatoms. The highest BCUT2D eigenvalue weighted by Crippen LogP contribution is 2.61. The summed E-state index contributed by atoms with van der Waals surface area (Å²) in [4.78, 5) is 12.4. The molecule has 0 aromatic carbocycles. The maximum atomic E-state index is 12.4. The molecule has 4 fully saturated rings. The topological polar surface area (TPSA) is 35.5 Å². The van der Waals surface area contributed by atoms with Crippen LogP contribution in [0, 0.1) is 35.5 Å². The largest absolute Gasteiger partial charge is 0.466 e. The predicted octanol–water partition coefficient (Wildman–Crippen LogP) is 4.05. The molecular weight excluding hydrogens is 276 g/mol. The SMILES string of the molecule is CCOC(=O)C(C)C1C2CC3CC(C2)CC1(OCC(C)C)C3. The molecule has 4 aliphatic rings. The Balaban J connectivity index is 1.83.